The Morgan fingerprint density at radius 1 is 0.355 bits per heavy atom. The Labute approximate surface area is 365 Å². The maximum absolute atomic E-state index is 5.32. The second-order valence-corrected chi connectivity index (χ2v) is 18.1. The molecule has 9 aromatic carbocycles. The van der Waals surface area contributed by atoms with E-state index in [1.54, 1.807) is 0 Å². The summed E-state index contributed by atoms with van der Waals surface area (Å²) in [4.78, 5) is 10.6. The molecule has 0 bridgehead atoms. The molecule has 0 unspecified atom stereocenters. The number of hydrogen-bond acceptors (Lipinski definition) is 3. The highest BCUT2D eigenvalue weighted by molar-refractivity contribution is 7.25. The van der Waals surface area contributed by atoms with Gasteiger partial charge in [0.05, 0.1) is 11.4 Å². The number of thiophene rings is 1. The molecule has 2 heterocycles. The van der Waals surface area contributed by atoms with E-state index in [-0.39, 0.29) is 5.41 Å². The molecule has 2 aromatic heterocycles. The Bertz CT molecular complexity index is 3540. The van der Waals surface area contributed by atoms with Crippen molar-refractivity contribution >= 4 is 42.3 Å². The molecule has 0 spiro atoms. The minimum atomic E-state index is -0.137. The van der Waals surface area contributed by atoms with Crippen molar-refractivity contribution in [3.8, 4) is 78.4 Å². The first-order valence-electron chi connectivity index (χ1n) is 21.3. The van der Waals surface area contributed by atoms with Gasteiger partial charge in [0.15, 0.2) is 5.82 Å². The summed E-state index contributed by atoms with van der Waals surface area (Å²) in [7, 11) is 0. The molecule has 0 amide bonds. The standard InChI is InChI=1S/C59H40N2S/c1-59(2)52-35-42(25-27-48(52)50-28-24-38-16-9-10-21-47(38)57(50)59)40-19-13-20-43(30-40)53-36-54(61-58(60-53)39-17-7-4-8-18-39)46-32-44(37-14-5-3-6-15-37)31-45(33-46)41-26-29-56-51(34-41)49-22-11-12-23-55(49)62-56/h3-36H,1-2H3. The lowest BCUT2D eigenvalue weighted by Crippen LogP contribution is -2.15. The molecular formula is C59H40N2S. The van der Waals surface area contributed by atoms with Gasteiger partial charge in [-0.15, -0.1) is 11.3 Å². The Hall–Kier alpha value is -7.46. The molecule has 0 aliphatic heterocycles. The van der Waals surface area contributed by atoms with Gasteiger partial charge >= 0.3 is 0 Å². The van der Waals surface area contributed by atoms with Gasteiger partial charge in [-0.3, -0.25) is 0 Å². The lowest BCUT2D eigenvalue weighted by molar-refractivity contribution is 0.666. The monoisotopic (exact) mass is 808 g/mol. The van der Waals surface area contributed by atoms with E-state index >= 15 is 0 Å². The van der Waals surface area contributed by atoms with Crippen molar-refractivity contribution in [2.45, 2.75) is 19.3 Å². The molecular weight excluding hydrogens is 769 g/mol. The average Bonchev–Trinajstić information content (AvgIpc) is 3.82. The molecule has 0 atom stereocenters. The van der Waals surface area contributed by atoms with E-state index in [2.05, 4.69) is 214 Å². The maximum Gasteiger partial charge on any atom is 0.160 e. The van der Waals surface area contributed by atoms with Gasteiger partial charge in [-0.25, -0.2) is 9.97 Å². The molecule has 292 valence electrons. The second-order valence-electron chi connectivity index (χ2n) is 17.0. The summed E-state index contributed by atoms with van der Waals surface area (Å²) in [6.07, 6.45) is 0. The fourth-order valence-electron chi connectivity index (χ4n) is 9.74. The molecule has 12 rings (SSSR count). The Kier molecular flexibility index (Phi) is 8.41. The van der Waals surface area contributed by atoms with Crippen molar-refractivity contribution in [3.63, 3.8) is 0 Å². The molecule has 0 saturated carbocycles. The van der Waals surface area contributed by atoms with Gasteiger partial charge in [0.25, 0.3) is 0 Å². The van der Waals surface area contributed by atoms with E-state index in [4.69, 9.17) is 9.97 Å². The zero-order chi connectivity index (χ0) is 41.4. The van der Waals surface area contributed by atoms with E-state index in [0.29, 0.717) is 5.82 Å². The lowest BCUT2D eigenvalue weighted by atomic mass is 9.79. The Morgan fingerprint density at radius 2 is 0.919 bits per heavy atom. The van der Waals surface area contributed by atoms with Crippen LogP contribution >= 0.6 is 11.3 Å². The first-order chi connectivity index (χ1) is 30.4. The number of nitrogens with zero attached hydrogens (tertiary/aromatic N) is 2. The third-order valence-corrected chi connectivity index (χ3v) is 14.0. The van der Waals surface area contributed by atoms with Crippen LogP contribution in [0.5, 0.6) is 0 Å². The third kappa shape index (κ3) is 6.08. The van der Waals surface area contributed by atoms with Gasteiger partial charge in [0.1, 0.15) is 0 Å². The van der Waals surface area contributed by atoms with Crippen molar-refractivity contribution < 1.29 is 0 Å². The van der Waals surface area contributed by atoms with Crippen LogP contribution < -0.4 is 0 Å². The summed E-state index contributed by atoms with van der Waals surface area (Å²) in [5.41, 5.74) is 17.1. The zero-order valence-corrected chi connectivity index (χ0v) is 35.2. The summed E-state index contributed by atoms with van der Waals surface area (Å²) >= 11 is 1.85. The fourth-order valence-corrected chi connectivity index (χ4v) is 10.8. The van der Waals surface area contributed by atoms with Crippen LogP contribution in [0.15, 0.2) is 206 Å². The summed E-state index contributed by atoms with van der Waals surface area (Å²) in [5.74, 6) is 0.700. The summed E-state index contributed by atoms with van der Waals surface area (Å²) in [6, 6.07) is 74.9. The number of fused-ring (bicyclic) bond motifs is 8. The Balaban J connectivity index is 0.995. The molecule has 1 aliphatic rings. The van der Waals surface area contributed by atoms with Gasteiger partial charge in [0.2, 0.25) is 0 Å². The molecule has 0 saturated heterocycles. The van der Waals surface area contributed by atoms with Crippen LogP contribution in [0.25, 0.3) is 109 Å². The third-order valence-electron chi connectivity index (χ3n) is 12.8. The summed E-state index contributed by atoms with van der Waals surface area (Å²) < 4.78 is 2.61. The molecule has 0 radical (unpaired) electrons. The van der Waals surface area contributed by atoms with E-state index in [0.717, 1.165) is 50.3 Å². The van der Waals surface area contributed by atoms with Crippen LogP contribution in [0, 0.1) is 0 Å². The van der Waals surface area contributed by atoms with E-state index < -0.39 is 0 Å². The van der Waals surface area contributed by atoms with Gasteiger partial charge < -0.3 is 0 Å². The molecule has 11 aromatic rings. The molecule has 2 nitrogen and oxygen atoms in total. The first-order valence-corrected chi connectivity index (χ1v) is 22.1. The van der Waals surface area contributed by atoms with Crippen LogP contribution in [-0.4, -0.2) is 9.97 Å². The van der Waals surface area contributed by atoms with Crippen molar-refractivity contribution in [3.05, 3.63) is 217 Å². The fraction of sp³-hybridized carbons (Fsp3) is 0.0508. The second kappa shape index (κ2) is 14.3. The zero-order valence-electron chi connectivity index (χ0n) is 34.4. The molecule has 3 heteroatoms. The lowest BCUT2D eigenvalue weighted by Gasteiger charge is -2.23. The first kappa shape index (κ1) is 36.4. The van der Waals surface area contributed by atoms with E-state index in [1.165, 1.54) is 64.3 Å². The largest absolute Gasteiger partial charge is 0.228 e. The molecule has 0 fully saturated rings. The van der Waals surface area contributed by atoms with Crippen LogP contribution in [0.3, 0.4) is 0 Å². The molecule has 62 heavy (non-hydrogen) atoms. The van der Waals surface area contributed by atoms with Crippen LogP contribution in [-0.2, 0) is 5.41 Å². The van der Waals surface area contributed by atoms with Crippen LogP contribution in [0.2, 0.25) is 0 Å². The number of aromatic nitrogens is 2. The van der Waals surface area contributed by atoms with E-state index in [1.807, 2.05) is 17.4 Å². The minimum Gasteiger partial charge on any atom is -0.228 e. The smallest absolute Gasteiger partial charge is 0.160 e. The van der Waals surface area contributed by atoms with Crippen molar-refractivity contribution in [1.82, 2.24) is 9.97 Å². The number of hydrogen-bond donors (Lipinski definition) is 0. The van der Waals surface area contributed by atoms with Crippen molar-refractivity contribution in [2.75, 3.05) is 0 Å². The highest BCUT2D eigenvalue weighted by Crippen LogP contribution is 2.52. The predicted octanol–water partition coefficient (Wildman–Crippen LogP) is 16.3. The maximum atomic E-state index is 5.32. The van der Waals surface area contributed by atoms with Crippen molar-refractivity contribution in [1.29, 1.82) is 0 Å². The summed E-state index contributed by atoms with van der Waals surface area (Å²) in [6.45, 7) is 4.75. The quantitative estimate of drug-likeness (QED) is 0.167. The normalized spacial score (nSPS) is 12.8. The number of rotatable bonds is 6. The van der Waals surface area contributed by atoms with E-state index in [9.17, 15) is 0 Å². The van der Waals surface area contributed by atoms with Crippen LogP contribution in [0.4, 0.5) is 0 Å². The Morgan fingerprint density at radius 3 is 1.74 bits per heavy atom. The molecule has 1 aliphatic carbocycles. The minimum absolute atomic E-state index is 0.137. The van der Waals surface area contributed by atoms with Gasteiger partial charge in [0, 0.05) is 42.3 Å². The summed E-state index contributed by atoms with van der Waals surface area (Å²) in [5, 5.41) is 5.21. The number of benzene rings is 9. The highest BCUT2D eigenvalue weighted by atomic mass is 32.1. The SMILES string of the molecule is CC1(C)c2cc(-c3cccc(-c4cc(-c5cc(-c6ccccc6)cc(-c6ccc7sc8ccccc8c7c6)c5)nc(-c5ccccc5)n4)c3)ccc2-c2ccc3ccccc3c21. The van der Waals surface area contributed by atoms with Crippen molar-refractivity contribution in [2.24, 2.45) is 0 Å². The topological polar surface area (TPSA) is 25.8 Å². The van der Waals surface area contributed by atoms with Gasteiger partial charge in [-0.2, -0.15) is 0 Å². The molecule has 0 N–H and O–H groups in total. The van der Waals surface area contributed by atoms with Crippen LogP contribution in [0.1, 0.15) is 25.0 Å². The highest BCUT2D eigenvalue weighted by Gasteiger charge is 2.37. The van der Waals surface area contributed by atoms with Gasteiger partial charge in [-0.1, -0.05) is 166 Å². The predicted molar refractivity (Wildman–Crippen MR) is 263 cm³/mol. The van der Waals surface area contributed by atoms with Gasteiger partial charge in [-0.05, 0) is 121 Å². The average molecular weight is 809 g/mol.